The molecule has 2 heterocycles. The smallest absolute Gasteiger partial charge is 0.234 e. The number of fused-ring (bicyclic) bond motifs is 1. The van der Waals surface area contributed by atoms with Gasteiger partial charge in [-0.25, -0.2) is 0 Å². The number of nitrogens with zero attached hydrogens (tertiary/aromatic N) is 4. The van der Waals surface area contributed by atoms with Crippen LogP contribution in [0.4, 0.5) is 0 Å². The molecule has 1 unspecified atom stereocenters. The van der Waals surface area contributed by atoms with Crippen LogP contribution in [0.15, 0.2) is 0 Å². The van der Waals surface area contributed by atoms with E-state index in [1.54, 1.807) is 11.3 Å². The predicted molar refractivity (Wildman–Crippen MR) is 69.1 cm³/mol. The third-order valence-corrected chi connectivity index (χ3v) is 3.71. The normalized spacial score (nSPS) is 13.7. The molecule has 2 N–H and O–H groups in total. The van der Waals surface area contributed by atoms with Gasteiger partial charge in [0, 0.05) is 6.42 Å². The molecule has 0 saturated heterocycles. The molecular weight excluding hydrogens is 234 g/mol. The highest BCUT2D eigenvalue weighted by molar-refractivity contribution is 7.16. The third-order valence-electron chi connectivity index (χ3n) is 2.79. The molecule has 94 valence electrons. The molecule has 0 aliphatic carbocycles. The first-order chi connectivity index (χ1) is 8.10. The average molecular weight is 253 g/mol. The van der Waals surface area contributed by atoms with Crippen molar-refractivity contribution in [3.05, 3.63) is 10.8 Å². The van der Waals surface area contributed by atoms with Crippen molar-refractivity contribution in [2.24, 2.45) is 17.6 Å². The second kappa shape index (κ2) is 5.10. The van der Waals surface area contributed by atoms with E-state index in [1.165, 1.54) is 0 Å². The van der Waals surface area contributed by atoms with E-state index >= 15 is 0 Å². The van der Waals surface area contributed by atoms with Crippen LogP contribution < -0.4 is 5.73 Å². The maximum Gasteiger partial charge on any atom is 0.234 e. The van der Waals surface area contributed by atoms with Crippen LogP contribution in [0.2, 0.25) is 0 Å². The van der Waals surface area contributed by atoms with Crippen LogP contribution in [0.1, 0.15) is 31.1 Å². The van der Waals surface area contributed by atoms with E-state index < -0.39 is 0 Å². The first-order valence-corrected chi connectivity index (χ1v) is 6.79. The molecule has 0 amide bonds. The number of aromatic nitrogens is 4. The Kier molecular flexibility index (Phi) is 3.73. The van der Waals surface area contributed by atoms with Crippen LogP contribution in [-0.4, -0.2) is 26.4 Å². The zero-order chi connectivity index (χ0) is 12.4. The quantitative estimate of drug-likeness (QED) is 0.880. The number of hydrogen-bond acceptors (Lipinski definition) is 5. The van der Waals surface area contributed by atoms with Crippen LogP contribution in [0.3, 0.4) is 0 Å². The summed E-state index contributed by atoms with van der Waals surface area (Å²) in [7, 11) is 0. The molecule has 0 aliphatic rings. The molecule has 2 rings (SSSR count). The lowest BCUT2D eigenvalue weighted by Gasteiger charge is -2.14. The summed E-state index contributed by atoms with van der Waals surface area (Å²) in [5, 5.41) is 13.7. The van der Waals surface area contributed by atoms with E-state index in [9.17, 15) is 0 Å². The highest BCUT2D eigenvalue weighted by Crippen LogP contribution is 2.20. The third kappa shape index (κ3) is 2.81. The first kappa shape index (κ1) is 12.4. The van der Waals surface area contributed by atoms with Crippen molar-refractivity contribution in [3.8, 4) is 0 Å². The maximum atomic E-state index is 5.81. The Labute approximate surface area is 105 Å². The van der Waals surface area contributed by atoms with E-state index in [0.29, 0.717) is 11.8 Å². The van der Waals surface area contributed by atoms with Gasteiger partial charge in [0.2, 0.25) is 4.96 Å². The molecular formula is C11H19N5S. The van der Waals surface area contributed by atoms with E-state index in [4.69, 9.17) is 5.73 Å². The van der Waals surface area contributed by atoms with Crippen molar-refractivity contribution in [3.63, 3.8) is 0 Å². The molecule has 0 aromatic carbocycles. The molecule has 0 aliphatic heterocycles. The van der Waals surface area contributed by atoms with Gasteiger partial charge in [-0.1, -0.05) is 25.2 Å². The molecule has 0 spiro atoms. The van der Waals surface area contributed by atoms with Crippen LogP contribution in [0.25, 0.3) is 4.96 Å². The Morgan fingerprint density at radius 3 is 2.71 bits per heavy atom. The molecule has 0 fully saturated rings. The Hall–Kier alpha value is -1.01. The first-order valence-electron chi connectivity index (χ1n) is 5.98. The minimum Gasteiger partial charge on any atom is -0.330 e. The minimum absolute atomic E-state index is 0.513. The average Bonchev–Trinajstić information content (AvgIpc) is 2.80. The Balaban J connectivity index is 2.11. The predicted octanol–water partition coefficient (Wildman–Crippen LogP) is 1.66. The summed E-state index contributed by atoms with van der Waals surface area (Å²) in [6.45, 7) is 7.09. The van der Waals surface area contributed by atoms with Gasteiger partial charge in [-0.15, -0.1) is 10.2 Å². The van der Waals surface area contributed by atoms with Crippen molar-refractivity contribution >= 4 is 16.3 Å². The molecule has 1 atom stereocenters. The summed E-state index contributed by atoms with van der Waals surface area (Å²) in [5.74, 6) is 2.03. The van der Waals surface area contributed by atoms with Gasteiger partial charge >= 0.3 is 0 Å². The van der Waals surface area contributed by atoms with Gasteiger partial charge in [0.05, 0.1) is 0 Å². The molecule has 6 heteroatoms. The number of rotatable bonds is 5. The minimum atomic E-state index is 0.513. The summed E-state index contributed by atoms with van der Waals surface area (Å²) in [6.07, 6.45) is 2.10. The van der Waals surface area contributed by atoms with Gasteiger partial charge in [-0.2, -0.15) is 9.61 Å². The highest BCUT2D eigenvalue weighted by Gasteiger charge is 2.15. The largest absolute Gasteiger partial charge is 0.330 e. The summed E-state index contributed by atoms with van der Waals surface area (Å²) in [6, 6.07) is 0. The molecule has 0 radical (unpaired) electrons. The highest BCUT2D eigenvalue weighted by atomic mass is 32.1. The zero-order valence-corrected chi connectivity index (χ0v) is 11.4. The van der Waals surface area contributed by atoms with Gasteiger partial charge in [-0.05, 0) is 31.7 Å². The van der Waals surface area contributed by atoms with E-state index in [1.807, 2.05) is 11.4 Å². The monoisotopic (exact) mass is 253 g/mol. The molecule has 0 saturated carbocycles. The fourth-order valence-electron chi connectivity index (χ4n) is 2.01. The van der Waals surface area contributed by atoms with Crippen LogP contribution in [-0.2, 0) is 6.42 Å². The summed E-state index contributed by atoms with van der Waals surface area (Å²) in [5.41, 5.74) is 5.81. The number of aryl methyl sites for hydroxylation is 1. The van der Waals surface area contributed by atoms with Crippen molar-refractivity contribution in [2.75, 3.05) is 6.54 Å². The van der Waals surface area contributed by atoms with Crippen LogP contribution in [0, 0.1) is 18.8 Å². The fourth-order valence-corrected chi connectivity index (χ4v) is 3.01. The lowest BCUT2D eigenvalue weighted by atomic mass is 9.95. The van der Waals surface area contributed by atoms with Crippen molar-refractivity contribution in [1.82, 2.24) is 19.8 Å². The van der Waals surface area contributed by atoms with Crippen LogP contribution >= 0.6 is 11.3 Å². The fraction of sp³-hybridized carbons (Fsp3) is 0.727. The standard InChI is InChI=1S/C11H19N5S/c1-7(2)4-9(6-12)5-10-15-16-8(3)13-14-11(16)17-10/h7,9H,4-6,12H2,1-3H3. The van der Waals surface area contributed by atoms with Gasteiger partial charge < -0.3 is 5.73 Å². The number of nitrogens with two attached hydrogens (primary N) is 1. The molecule has 5 nitrogen and oxygen atoms in total. The zero-order valence-electron chi connectivity index (χ0n) is 10.6. The molecule has 0 bridgehead atoms. The summed E-state index contributed by atoms with van der Waals surface area (Å²) >= 11 is 1.61. The number of hydrogen-bond donors (Lipinski definition) is 1. The molecule has 2 aromatic heterocycles. The second-order valence-corrected chi connectivity index (χ2v) is 5.91. The lowest BCUT2D eigenvalue weighted by Crippen LogP contribution is -2.18. The Bertz CT molecular complexity index is 487. The molecule has 17 heavy (non-hydrogen) atoms. The maximum absolute atomic E-state index is 5.81. The summed E-state index contributed by atoms with van der Waals surface area (Å²) < 4.78 is 1.81. The second-order valence-electron chi connectivity index (χ2n) is 4.87. The van der Waals surface area contributed by atoms with Crippen LogP contribution in [0.5, 0.6) is 0 Å². The van der Waals surface area contributed by atoms with Gasteiger partial charge in [0.25, 0.3) is 0 Å². The SMILES string of the molecule is Cc1nnc2sc(CC(CN)CC(C)C)nn12. The van der Waals surface area contributed by atoms with Gasteiger partial charge in [0.15, 0.2) is 5.82 Å². The lowest BCUT2D eigenvalue weighted by molar-refractivity contribution is 0.413. The summed E-state index contributed by atoms with van der Waals surface area (Å²) in [4.78, 5) is 0.873. The van der Waals surface area contributed by atoms with Crippen molar-refractivity contribution < 1.29 is 0 Å². The van der Waals surface area contributed by atoms with E-state index in [2.05, 4.69) is 29.1 Å². The Morgan fingerprint density at radius 1 is 1.35 bits per heavy atom. The van der Waals surface area contributed by atoms with Gasteiger partial charge in [-0.3, -0.25) is 0 Å². The van der Waals surface area contributed by atoms with Gasteiger partial charge in [0.1, 0.15) is 5.01 Å². The van der Waals surface area contributed by atoms with E-state index in [-0.39, 0.29) is 0 Å². The topological polar surface area (TPSA) is 69.1 Å². The molecule has 2 aromatic rings. The van der Waals surface area contributed by atoms with Crippen molar-refractivity contribution in [1.29, 1.82) is 0 Å². The van der Waals surface area contributed by atoms with Crippen molar-refractivity contribution in [2.45, 2.75) is 33.6 Å². The Morgan fingerprint density at radius 2 is 2.12 bits per heavy atom. The van der Waals surface area contributed by atoms with E-state index in [0.717, 1.165) is 35.2 Å².